The maximum absolute atomic E-state index is 13.1. The van der Waals surface area contributed by atoms with Crippen molar-refractivity contribution in [1.29, 1.82) is 0 Å². The summed E-state index contributed by atoms with van der Waals surface area (Å²) in [6.45, 7) is 6.79. The first-order chi connectivity index (χ1) is 13.4. The Morgan fingerprint density at radius 1 is 1.21 bits per heavy atom. The predicted molar refractivity (Wildman–Crippen MR) is 102 cm³/mol. The Morgan fingerprint density at radius 3 is 2.38 bits per heavy atom. The number of carbonyl (C=O) groups is 2. The molecule has 1 aromatic carbocycles. The van der Waals surface area contributed by atoms with Crippen molar-refractivity contribution in [1.82, 2.24) is 9.36 Å². The molecule has 5 nitrogen and oxygen atoms in total. The zero-order valence-corrected chi connectivity index (χ0v) is 16.9. The van der Waals surface area contributed by atoms with Crippen LogP contribution in [0.5, 0.6) is 0 Å². The summed E-state index contributed by atoms with van der Waals surface area (Å²) in [5.74, 6) is -0.363. The number of benzene rings is 1. The molecule has 0 atom stereocenters. The van der Waals surface area contributed by atoms with Crippen LogP contribution in [-0.2, 0) is 25.2 Å². The highest BCUT2D eigenvalue weighted by atomic mass is 19.4. The van der Waals surface area contributed by atoms with Gasteiger partial charge in [-0.15, -0.1) is 0 Å². The number of rotatable bonds is 4. The van der Waals surface area contributed by atoms with Crippen molar-refractivity contribution < 1.29 is 22.8 Å². The number of amides is 1. The minimum atomic E-state index is -4.62. The van der Waals surface area contributed by atoms with E-state index in [0.29, 0.717) is 30.3 Å². The van der Waals surface area contributed by atoms with E-state index in [1.807, 2.05) is 37.2 Å². The third-order valence-corrected chi connectivity index (χ3v) is 5.09. The summed E-state index contributed by atoms with van der Waals surface area (Å²) in [6, 6.07) is 4.26. The standard InChI is InChI=1S/C21H24F3N3O2/c1-20(2,3)17-10-18(27(26(17)4)11-13-5-6-13)25-19(29)16-9-15(21(22,23)24)8-7-14(16)12-28/h7-10,12-13H,5-6,11H2,1-4H3/b25-18+. The molecule has 156 valence electrons. The van der Waals surface area contributed by atoms with Crippen LogP contribution in [0.25, 0.3) is 0 Å². The van der Waals surface area contributed by atoms with Gasteiger partial charge in [0.15, 0.2) is 11.8 Å². The van der Waals surface area contributed by atoms with Gasteiger partial charge in [0.05, 0.1) is 11.1 Å². The SMILES string of the molecule is Cn1c(C(C)(C)C)c/c(=N\C(=O)c2cc(C(F)(F)F)ccc2C=O)n1CC1CC1. The summed E-state index contributed by atoms with van der Waals surface area (Å²) >= 11 is 0. The summed E-state index contributed by atoms with van der Waals surface area (Å²) in [5.41, 5.74) is -0.341. The van der Waals surface area contributed by atoms with Crippen LogP contribution in [0.1, 0.15) is 65.6 Å². The highest BCUT2D eigenvalue weighted by molar-refractivity contribution is 6.02. The van der Waals surface area contributed by atoms with E-state index in [1.54, 1.807) is 6.07 Å². The number of nitrogens with zero attached hydrogens (tertiary/aromatic N) is 3. The van der Waals surface area contributed by atoms with E-state index in [0.717, 1.165) is 30.7 Å². The van der Waals surface area contributed by atoms with Crippen LogP contribution in [0.15, 0.2) is 29.3 Å². The van der Waals surface area contributed by atoms with Crippen LogP contribution in [0.4, 0.5) is 13.2 Å². The van der Waals surface area contributed by atoms with Gasteiger partial charge in [0, 0.05) is 36.3 Å². The van der Waals surface area contributed by atoms with Gasteiger partial charge < -0.3 is 0 Å². The van der Waals surface area contributed by atoms with E-state index in [4.69, 9.17) is 0 Å². The van der Waals surface area contributed by atoms with E-state index >= 15 is 0 Å². The maximum atomic E-state index is 13.1. The monoisotopic (exact) mass is 407 g/mol. The first-order valence-electron chi connectivity index (χ1n) is 9.44. The second kappa shape index (κ2) is 7.31. The molecule has 0 spiro atoms. The number of carbonyl (C=O) groups excluding carboxylic acids is 2. The van der Waals surface area contributed by atoms with Gasteiger partial charge in [0.25, 0.3) is 5.91 Å². The van der Waals surface area contributed by atoms with Crippen LogP contribution in [0.3, 0.4) is 0 Å². The predicted octanol–water partition coefficient (Wildman–Crippen LogP) is 4.11. The molecule has 1 aliphatic rings. The zero-order chi connectivity index (χ0) is 21.6. The lowest BCUT2D eigenvalue weighted by atomic mass is 9.92. The zero-order valence-electron chi connectivity index (χ0n) is 16.9. The number of hydrogen-bond donors (Lipinski definition) is 0. The average molecular weight is 407 g/mol. The molecule has 1 saturated carbocycles. The molecule has 0 saturated heterocycles. The van der Waals surface area contributed by atoms with E-state index in [2.05, 4.69) is 4.99 Å². The van der Waals surface area contributed by atoms with Gasteiger partial charge >= 0.3 is 6.18 Å². The average Bonchev–Trinajstić information content (AvgIpc) is 3.38. The summed E-state index contributed by atoms with van der Waals surface area (Å²) in [6.07, 6.45) is -2.06. The molecule has 0 aliphatic heterocycles. The van der Waals surface area contributed by atoms with Crippen LogP contribution < -0.4 is 5.49 Å². The first-order valence-corrected chi connectivity index (χ1v) is 9.44. The minimum Gasteiger partial charge on any atom is -0.298 e. The molecule has 0 radical (unpaired) electrons. The van der Waals surface area contributed by atoms with Crippen molar-refractivity contribution >= 4 is 12.2 Å². The third kappa shape index (κ3) is 4.52. The Kier molecular flexibility index (Phi) is 5.32. The normalized spacial score (nSPS) is 15.6. The Morgan fingerprint density at radius 2 is 1.86 bits per heavy atom. The number of aldehydes is 1. The van der Waals surface area contributed by atoms with Crippen LogP contribution in [0, 0.1) is 5.92 Å². The van der Waals surface area contributed by atoms with Gasteiger partial charge in [0.1, 0.15) is 0 Å². The Balaban J connectivity index is 2.13. The molecule has 1 aromatic heterocycles. The highest BCUT2D eigenvalue weighted by Gasteiger charge is 2.32. The Bertz CT molecular complexity index is 1020. The Hall–Kier alpha value is -2.64. The molecule has 0 N–H and O–H groups in total. The molecule has 29 heavy (non-hydrogen) atoms. The van der Waals surface area contributed by atoms with Gasteiger partial charge in [-0.1, -0.05) is 26.8 Å². The van der Waals surface area contributed by atoms with Crippen molar-refractivity contribution in [2.24, 2.45) is 18.0 Å². The fourth-order valence-electron chi connectivity index (χ4n) is 3.31. The topological polar surface area (TPSA) is 56.4 Å². The molecule has 3 rings (SSSR count). The second-order valence-electron chi connectivity index (χ2n) is 8.52. The molecule has 1 heterocycles. The van der Waals surface area contributed by atoms with E-state index < -0.39 is 17.6 Å². The molecular weight excluding hydrogens is 383 g/mol. The fourth-order valence-corrected chi connectivity index (χ4v) is 3.31. The van der Waals surface area contributed by atoms with E-state index in [-0.39, 0.29) is 16.5 Å². The molecule has 8 heteroatoms. The smallest absolute Gasteiger partial charge is 0.298 e. The lowest BCUT2D eigenvalue weighted by Crippen LogP contribution is -2.26. The van der Waals surface area contributed by atoms with Gasteiger partial charge in [-0.2, -0.15) is 18.2 Å². The third-order valence-electron chi connectivity index (χ3n) is 5.09. The maximum Gasteiger partial charge on any atom is 0.416 e. The quantitative estimate of drug-likeness (QED) is 0.717. The Labute approximate surface area is 166 Å². The lowest BCUT2D eigenvalue weighted by Gasteiger charge is -2.20. The van der Waals surface area contributed by atoms with Crippen molar-refractivity contribution in [3.8, 4) is 0 Å². The lowest BCUT2D eigenvalue weighted by molar-refractivity contribution is -0.137. The van der Waals surface area contributed by atoms with Gasteiger partial charge in [-0.3, -0.25) is 19.0 Å². The fraction of sp³-hybridized carbons (Fsp3) is 0.476. The van der Waals surface area contributed by atoms with Crippen molar-refractivity contribution in [3.05, 3.63) is 52.1 Å². The molecular formula is C21H24F3N3O2. The molecule has 0 unspecified atom stereocenters. The summed E-state index contributed by atoms with van der Waals surface area (Å²) in [4.78, 5) is 28.2. The minimum absolute atomic E-state index is 0.118. The number of aromatic nitrogens is 2. The van der Waals surface area contributed by atoms with Crippen molar-refractivity contribution in [2.75, 3.05) is 0 Å². The van der Waals surface area contributed by atoms with Gasteiger partial charge in [0.2, 0.25) is 0 Å². The first kappa shape index (κ1) is 21.1. The van der Waals surface area contributed by atoms with Crippen molar-refractivity contribution in [2.45, 2.75) is 51.7 Å². The number of hydrogen-bond acceptors (Lipinski definition) is 2. The number of halogens is 3. The largest absolute Gasteiger partial charge is 0.416 e. The van der Waals surface area contributed by atoms with Gasteiger partial charge in [-0.25, -0.2) is 0 Å². The molecule has 0 bridgehead atoms. The molecule has 1 amide bonds. The highest BCUT2D eigenvalue weighted by Crippen LogP contribution is 2.32. The molecule has 2 aromatic rings. The summed E-state index contributed by atoms with van der Waals surface area (Å²) < 4.78 is 43.0. The van der Waals surface area contributed by atoms with Crippen molar-refractivity contribution in [3.63, 3.8) is 0 Å². The number of alkyl halides is 3. The van der Waals surface area contributed by atoms with Crippen LogP contribution >= 0.6 is 0 Å². The summed E-state index contributed by atoms with van der Waals surface area (Å²) in [7, 11) is 1.88. The van der Waals surface area contributed by atoms with Crippen LogP contribution in [0.2, 0.25) is 0 Å². The second-order valence-corrected chi connectivity index (χ2v) is 8.52. The van der Waals surface area contributed by atoms with Crippen LogP contribution in [-0.4, -0.2) is 21.6 Å². The summed E-state index contributed by atoms with van der Waals surface area (Å²) in [5, 5.41) is 0. The molecule has 1 aliphatic carbocycles. The molecule has 1 fully saturated rings. The van der Waals surface area contributed by atoms with E-state index in [9.17, 15) is 22.8 Å². The van der Waals surface area contributed by atoms with E-state index in [1.165, 1.54) is 0 Å². The van der Waals surface area contributed by atoms with Gasteiger partial charge in [-0.05, 0) is 30.9 Å².